The summed E-state index contributed by atoms with van der Waals surface area (Å²) in [6.45, 7) is 1.27. The predicted molar refractivity (Wildman–Crippen MR) is 75.1 cm³/mol. The van der Waals surface area contributed by atoms with Gasteiger partial charge in [-0.05, 0) is 24.6 Å². The SMILES string of the molecule is CCCCS(=O)(=O)N(CC(=O)O)c1cccc(Cl)c1. The van der Waals surface area contributed by atoms with Crippen molar-refractivity contribution in [1.29, 1.82) is 0 Å². The zero-order valence-electron chi connectivity index (χ0n) is 10.5. The van der Waals surface area contributed by atoms with Crippen molar-refractivity contribution in [1.82, 2.24) is 0 Å². The second kappa shape index (κ2) is 6.77. The van der Waals surface area contributed by atoms with Crippen LogP contribution in [0.1, 0.15) is 19.8 Å². The van der Waals surface area contributed by atoms with Gasteiger partial charge in [-0.25, -0.2) is 8.42 Å². The van der Waals surface area contributed by atoms with E-state index < -0.39 is 22.5 Å². The van der Waals surface area contributed by atoms with E-state index in [0.717, 1.165) is 10.7 Å². The van der Waals surface area contributed by atoms with E-state index >= 15 is 0 Å². The van der Waals surface area contributed by atoms with Crippen LogP contribution in [0.2, 0.25) is 5.02 Å². The Morgan fingerprint density at radius 1 is 1.42 bits per heavy atom. The van der Waals surface area contributed by atoms with Gasteiger partial charge in [0, 0.05) is 5.02 Å². The molecular weight excluding hydrogens is 290 g/mol. The lowest BCUT2D eigenvalue weighted by Crippen LogP contribution is -2.37. The average Bonchev–Trinajstić information content (AvgIpc) is 2.33. The average molecular weight is 306 g/mol. The molecule has 0 aromatic heterocycles. The van der Waals surface area contributed by atoms with Crippen LogP contribution in [0, 0.1) is 0 Å². The molecule has 0 aliphatic heterocycles. The third-order valence-corrected chi connectivity index (χ3v) is 4.52. The van der Waals surface area contributed by atoms with Gasteiger partial charge in [0.2, 0.25) is 10.0 Å². The molecule has 1 rings (SSSR count). The normalized spacial score (nSPS) is 11.3. The highest BCUT2D eigenvalue weighted by Gasteiger charge is 2.24. The monoisotopic (exact) mass is 305 g/mol. The molecule has 0 fully saturated rings. The molecule has 0 aliphatic rings. The number of anilines is 1. The Labute approximate surface area is 117 Å². The minimum Gasteiger partial charge on any atom is -0.480 e. The Morgan fingerprint density at radius 2 is 2.11 bits per heavy atom. The lowest BCUT2D eigenvalue weighted by molar-refractivity contribution is -0.135. The molecule has 0 spiro atoms. The molecule has 7 heteroatoms. The van der Waals surface area contributed by atoms with Crippen LogP contribution in [0.3, 0.4) is 0 Å². The lowest BCUT2D eigenvalue weighted by Gasteiger charge is -2.22. The Morgan fingerprint density at radius 3 is 2.63 bits per heavy atom. The number of hydrogen-bond acceptors (Lipinski definition) is 3. The minimum absolute atomic E-state index is 0.0801. The van der Waals surface area contributed by atoms with Gasteiger partial charge in [0.05, 0.1) is 11.4 Å². The molecule has 1 N–H and O–H groups in total. The minimum atomic E-state index is -3.66. The molecule has 106 valence electrons. The number of carboxylic acid groups (broad SMARTS) is 1. The summed E-state index contributed by atoms with van der Waals surface area (Å²) < 4.78 is 25.2. The van der Waals surface area contributed by atoms with Crippen molar-refractivity contribution in [3.63, 3.8) is 0 Å². The summed E-state index contributed by atoms with van der Waals surface area (Å²) in [4.78, 5) is 10.8. The molecular formula is C12H16ClNO4S. The van der Waals surface area contributed by atoms with Crippen LogP contribution in [0.4, 0.5) is 5.69 Å². The summed E-state index contributed by atoms with van der Waals surface area (Å²) in [5.74, 6) is -1.29. The van der Waals surface area contributed by atoms with Crippen molar-refractivity contribution < 1.29 is 18.3 Å². The molecule has 5 nitrogen and oxygen atoms in total. The number of sulfonamides is 1. The molecule has 1 aromatic rings. The van der Waals surface area contributed by atoms with E-state index in [2.05, 4.69) is 0 Å². The third kappa shape index (κ3) is 4.72. The maximum atomic E-state index is 12.2. The Balaban J connectivity index is 3.11. The maximum absolute atomic E-state index is 12.2. The first-order chi connectivity index (χ1) is 8.86. The lowest BCUT2D eigenvalue weighted by atomic mass is 10.3. The molecule has 19 heavy (non-hydrogen) atoms. The van der Waals surface area contributed by atoms with Gasteiger partial charge >= 0.3 is 5.97 Å². The van der Waals surface area contributed by atoms with E-state index in [1.54, 1.807) is 12.1 Å². The van der Waals surface area contributed by atoms with Crippen LogP contribution in [0.5, 0.6) is 0 Å². The van der Waals surface area contributed by atoms with E-state index in [-0.39, 0.29) is 11.4 Å². The predicted octanol–water partition coefficient (Wildman–Crippen LogP) is 2.36. The van der Waals surface area contributed by atoms with Gasteiger partial charge < -0.3 is 5.11 Å². The zero-order chi connectivity index (χ0) is 14.5. The topological polar surface area (TPSA) is 74.7 Å². The van der Waals surface area contributed by atoms with Crippen LogP contribution in [0.15, 0.2) is 24.3 Å². The summed E-state index contributed by atoms with van der Waals surface area (Å²) >= 11 is 5.81. The van der Waals surface area contributed by atoms with Crippen LogP contribution in [-0.2, 0) is 14.8 Å². The van der Waals surface area contributed by atoms with Crippen LogP contribution in [0.25, 0.3) is 0 Å². The van der Waals surface area contributed by atoms with Gasteiger partial charge in [0.15, 0.2) is 0 Å². The molecule has 0 amide bonds. The molecule has 0 bridgehead atoms. The molecule has 0 saturated heterocycles. The first-order valence-electron chi connectivity index (χ1n) is 5.84. The number of aliphatic carboxylic acids is 1. The third-order valence-electron chi connectivity index (χ3n) is 2.47. The summed E-state index contributed by atoms with van der Waals surface area (Å²) in [6.07, 6.45) is 1.20. The van der Waals surface area contributed by atoms with Gasteiger partial charge in [-0.3, -0.25) is 9.10 Å². The van der Waals surface area contributed by atoms with Crippen molar-refractivity contribution in [2.24, 2.45) is 0 Å². The molecule has 0 atom stereocenters. The summed E-state index contributed by atoms with van der Waals surface area (Å²) in [7, 11) is -3.66. The molecule has 0 aliphatic carbocycles. The first-order valence-corrected chi connectivity index (χ1v) is 7.83. The molecule has 0 unspecified atom stereocenters. The maximum Gasteiger partial charge on any atom is 0.324 e. The van der Waals surface area contributed by atoms with Crippen molar-refractivity contribution in [3.8, 4) is 0 Å². The van der Waals surface area contributed by atoms with E-state index in [0.29, 0.717) is 11.4 Å². The Bertz CT molecular complexity index is 544. The summed E-state index contributed by atoms with van der Waals surface area (Å²) in [6, 6.07) is 6.15. The fraction of sp³-hybridized carbons (Fsp3) is 0.417. The van der Waals surface area contributed by atoms with E-state index in [4.69, 9.17) is 16.7 Å². The molecule has 0 radical (unpaired) electrons. The van der Waals surface area contributed by atoms with Gasteiger partial charge in [0.25, 0.3) is 0 Å². The largest absolute Gasteiger partial charge is 0.480 e. The van der Waals surface area contributed by atoms with Crippen molar-refractivity contribution in [2.45, 2.75) is 19.8 Å². The number of halogens is 1. The fourth-order valence-corrected chi connectivity index (χ4v) is 3.34. The summed E-state index contributed by atoms with van der Waals surface area (Å²) in [5.41, 5.74) is 0.269. The Kier molecular flexibility index (Phi) is 5.62. The van der Waals surface area contributed by atoms with E-state index in [9.17, 15) is 13.2 Å². The van der Waals surface area contributed by atoms with E-state index in [1.165, 1.54) is 12.1 Å². The number of nitrogens with zero attached hydrogens (tertiary/aromatic N) is 1. The molecule has 0 saturated carbocycles. The second-order valence-electron chi connectivity index (χ2n) is 4.05. The number of carboxylic acids is 1. The van der Waals surface area contributed by atoms with Gasteiger partial charge in [-0.15, -0.1) is 0 Å². The second-order valence-corrected chi connectivity index (χ2v) is 6.50. The van der Waals surface area contributed by atoms with Gasteiger partial charge in [0.1, 0.15) is 6.54 Å². The van der Waals surface area contributed by atoms with Crippen molar-refractivity contribution in [3.05, 3.63) is 29.3 Å². The van der Waals surface area contributed by atoms with Crippen LogP contribution < -0.4 is 4.31 Å². The highest BCUT2D eigenvalue weighted by molar-refractivity contribution is 7.92. The number of rotatable bonds is 7. The van der Waals surface area contributed by atoms with Crippen LogP contribution in [-0.4, -0.2) is 31.8 Å². The highest BCUT2D eigenvalue weighted by Crippen LogP contribution is 2.22. The quantitative estimate of drug-likeness (QED) is 0.839. The van der Waals surface area contributed by atoms with Gasteiger partial charge in [-0.2, -0.15) is 0 Å². The molecule has 0 heterocycles. The standard InChI is InChI=1S/C12H16ClNO4S/c1-2-3-7-19(17,18)14(9-12(15)16)11-6-4-5-10(13)8-11/h4-6,8H,2-3,7,9H2,1H3,(H,15,16). The number of hydrogen-bond donors (Lipinski definition) is 1. The zero-order valence-corrected chi connectivity index (χ0v) is 12.1. The van der Waals surface area contributed by atoms with E-state index in [1.807, 2.05) is 6.92 Å². The van der Waals surface area contributed by atoms with Gasteiger partial charge in [-0.1, -0.05) is 31.0 Å². The fourth-order valence-electron chi connectivity index (χ4n) is 1.54. The van der Waals surface area contributed by atoms with Crippen molar-refractivity contribution in [2.75, 3.05) is 16.6 Å². The highest BCUT2D eigenvalue weighted by atomic mass is 35.5. The number of benzene rings is 1. The Hall–Kier alpha value is -1.27. The van der Waals surface area contributed by atoms with Crippen molar-refractivity contribution >= 4 is 33.3 Å². The molecule has 1 aromatic carbocycles. The smallest absolute Gasteiger partial charge is 0.324 e. The first kappa shape index (κ1) is 15.8. The number of carbonyl (C=O) groups is 1. The number of unbranched alkanes of at least 4 members (excludes halogenated alkanes) is 1. The summed E-state index contributed by atoms with van der Waals surface area (Å²) in [5, 5.41) is 9.22. The van der Waals surface area contributed by atoms with Crippen LogP contribution >= 0.6 is 11.6 Å².